The van der Waals surface area contributed by atoms with Crippen LogP contribution in [0.1, 0.15) is 29.6 Å². The molecule has 0 radical (unpaired) electrons. The van der Waals surface area contributed by atoms with E-state index in [0.717, 1.165) is 0 Å². The highest BCUT2D eigenvalue weighted by molar-refractivity contribution is 6.30. The fourth-order valence-corrected chi connectivity index (χ4v) is 1.77. The van der Waals surface area contributed by atoms with Crippen LogP contribution in [0.2, 0.25) is 5.02 Å². The minimum absolute atomic E-state index is 0.118. The number of carbonyl (C=O) groups is 4. The van der Waals surface area contributed by atoms with Gasteiger partial charge in [-0.25, -0.2) is 4.79 Å². The van der Waals surface area contributed by atoms with E-state index in [1.807, 2.05) is 0 Å². The number of ketones is 1. The topological polar surface area (TPSA) is 121 Å². The van der Waals surface area contributed by atoms with Gasteiger partial charge in [-0.2, -0.15) is 0 Å². The highest BCUT2D eigenvalue weighted by Crippen LogP contribution is 2.12. The molecule has 0 bridgehead atoms. The first-order valence-electron chi connectivity index (χ1n) is 6.32. The fourth-order valence-electron chi connectivity index (χ4n) is 1.65. The van der Waals surface area contributed by atoms with Crippen LogP contribution < -0.4 is 5.32 Å². The Labute approximate surface area is 130 Å². The van der Waals surface area contributed by atoms with Crippen molar-refractivity contribution in [2.45, 2.75) is 25.3 Å². The first kappa shape index (κ1) is 17.6. The summed E-state index contributed by atoms with van der Waals surface area (Å²) >= 11 is 5.69. The van der Waals surface area contributed by atoms with Gasteiger partial charge in [0.2, 0.25) is 5.91 Å². The molecular weight excluding hydrogens is 314 g/mol. The first-order valence-corrected chi connectivity index (χ1v) is 6.70. The van der Waals surface area contributed by atoms with Crippen LogP contribution in [-0.2, 0) is 14.4 Å². The molecule has 0 aliphatic carbocycles. The van der Waals surface area contributed by atoms with Crippen LogP contribution >= 0.6 is 11.6 Å². The second kappa shape index (κ2) is 8.14. The van der Waals surface area contributed by atoms with Crippen molar-refractivity contribution in [3.8, 4) is 0 Å². The summed E-state index contributed by atoms with van der Waals surface area (Å²) < 4.78 is 0. The zero-order valence-corrected chi connectivity index (χ0v) is 12.2. The Bertz CT molecular complexity index is 584. The predicted molar refractivity (Wildman–Crippen MR) is 76.8 cm³/mol. The van der Waals surface area contributed by atoms with Crippen molar-refractivity contribution in [3.63, 3.8) is 0 Å². The van der Waals surface area contributed by atoms with Gasteiger partial charge in [-0.3, -0.25) is 14.4 Å². The third kappa shape index (κ3) is 5.92. The van der Waals surface area contributed by atoms with Gasteiger partial charge < -0.3 is 15.5 Å². The van der Waals surface area contributed by atoms with Crippen molar-refractivity contribution >= 4 is 35.2 Å². The Morgan fingerprint density at radius 2 is 1.64 bits per heavy atom. The van der Waals surface area contributed by atoms with Gasteiger partial charge in [0, 0.05) is 23.4 Å². The van der Waals surface area contributed by atoms with Gasteiger partial charge in [-0.15, -0.1) is 0 Å². The molecule has 7 nitrogen and oxygen atoms in total. The largest absolute Gasteiger partial charge is 0.481 e. The average molecular weight is 328 g/mol. The number of carbonyl (C=O) groups excluding carboxylic acids is 2. The third-order valence-corrected chi connectivity index (χ3v) is 3.01. The molecular formula is C14H14ClNO6. The van der Waals surface area contributed by atoms with Gasteiger partial charge in [0.15, 0.2) is 5.78 Å². The molecule has 0 saturated heterocycles. The lowest BCUT2D eigenvalue weighted by Crippen LogP contribution is -2.42. The zero-order valence-electron chi connectivity index (χ0n) is 11.4. The van der Waals surface area contributed by atoms with Gasteiger partial charge in [-0.05, 0) is 24.3 Å². The standard InChI is InChI=1S/C14H14ClNO6/c15-9-3-1-8(2-4-9)11(17)5-6-12(18)16-10(14(21)22)7-13(19)20/h1-4,10H,5-7H2,(H,16,18)(H,19,20)(H,21,22). The molecule has 8 heteroatoms. The number of hydrogen-bond donors (Lipinski definition) is 3. The second-order valence-corrected chi connectivity index (χ2v) is 4.92. The molecule has 0 fully saturated rings. The normalized spacial score (nSPS) is 11.5. The molecule has 0 aromatic heterocycles. The maximum absolute atomic E-state index is 11.8. The molecule has 1 atom stereocenters. The van der Waals surface area contributed by atoms with E-state index >= 15 is 0 Å². The van der Waals surface area contributed by atoms with Gasteiger partial charge in [0.1, 0.15) is 6.04 Å². The maximum Gasteiger partial charge on any atom is 0.326 e. The summed E-state index contributed by atoms with van der Waals surface area (Å²) in [4.78, 5) is 44.7. The van der Waals surface area contributed by atoms with Crippen molar-refractivity contribution in [1.29, 1.82) is 0 Å². The van der Waals surface area contributed by atoms with E-state index in [2.05, 4.69) is 5.32 Å². The lowest BCUT2D eigenvalue weighted by molar-refractivity contribution is -0.147. The number of rotatable bonds is 8. The quantitative estimate of drug-likeness (QED) is 0.620. The molecule has 1 amide bonds. The molecule has 0 heterocycles. The second-order valence-electron chi connectivity index (χ2n) is 4.49. The fraction of sp³-hybridized carbons (Fsp3) is 0.286. The van der Waals surface area contributed by atoms with Crippen molar-refractivity contribution in [2.24, 2.45) is 0 Å². The summed E-state index contributed by atoms with van der Waals surface area (Å²) in [6.45, 7) is 0. The summed E-state index contributed by atoms with van der Waals surface area (Å²) in [5.74, 6) is -3.78. The van der Waals surface area contributed by atoms with E-state index in [0.29, 0.717) is 10.6 Å². The first-order chi connectivity index (χ1) is 10.3. The summed E-state index contributed by atoms with van der Waals surface area (Å²) in [5.41, 5.74) is 0.387. The monoisotopic (exact) mass is 327 g/mol. The van der Waals surface area contributed by atoms with E-state index in [4.69, 9.17) is 21.8 Å². The van der Waals surface area contributed by atoms with Crippen molar-refractivity contribution in [3.05, 3.63) is 34.9 Å². The zero-order chi connectivity index (χ0) is 16.7. The van der Waals surface area contributed by atoms with E-state index in [1.54, 1.807) is 12.1 Å². The number of carboxylic acid groups (broad SMARTS) is 2. The van der Waals surface area contributed by atoms with Gasteiger partial charge in [-0.1, -0.05) is 11.6 Å². The summed E-state index contributed by atoms with van der Waals surface area (Å²) in [6.07, 6.45) is -1.08. The number of Topliss-reactive ketones (excluding diaryl/α,β-unsaturated/α-hetero) is 1. The molecule has 118 valence electrons. The minimum Gasteiger partial charge on any atom is -0.481 e. The SMILES string of the molecule is O=C(O)CC(NC(=O)CCC(=O)c1ccc(Cl)cc1)C(=O)O. The maximum atomic E-state index is 11.8. The number of nitrogens with one attached hydrogen (secondary N) is 1. The molecule has 0 aliphatic heterocycles. The highest BCUT2D eigenvalue weighted by atomic mass is 35.5. The number of hydrogen-bond acceptors (Lipinski definition) is 4. The number of amides is 1. The molecule has 0 spiro atoms. The van der Waals surface area contributed by atoms with Crippen molar-refractivity contribution in [1.82, 2.24) is 5.32 Å². The van der Waals surface area contributed by atoms with Gasteiger partial charge in [0.25, 0.3) is 0 Å². The molecule has 22 heavy (non-hydrogen) atoms. The van der Waals surface area contributed by atoms with E-state index in [-0.39, 0.29) is 18.6 Å². The molecule has 0 saturated carbocycles. The lowest BCUT2D eigenvalue weighted by Gasteiger charge is -2.12. The third-order valence-electron chi connectivity index (χ3n) is 2.76. The molecule has 0 aliphatic rings. The van der Waals surface area contributed by atoms with E-state index < -0.39 is 30.3 Å². The summed E-state index contributed by atoms with van der Waals surface area (Å²) in [7, 11) is 0. The average Bonchev–Trinajstić information content (AvgIpc) is 2.44. The lowest BCUT2D eigenvalue weighted by atomic mass is 10.1. The number of carboxylic acids is 2. The molecule has 1 aromatic carbocycles. The Morgan fingerprint density at radius 1 is 1.05 bits per heavy atom. The summed E-state index contributed by atoms with van der Waals surface area (Å²) in [5, 5.41) is 19.9. The Morgan fingerprint density at radius 3 is 2.14 bits per heavy atom. The smallest absolute Gasteiger partial charge is 0.326 e. The van der Waals surface area contributed by atoms with Crippen LogP contribution in [0, 0.1) is 0 Å². The van der Waals surface area contributed by atoms with E-state index in [9.17, 15) is 19.2 Å². The van der Waals surface area contributed by atoms with Crippen LogP contribution in [0.5, 0.6) is 0 Å². The minimum atomic E-state index is -1.52. The number of halogens is 1. The number of benzene rings is 1. The Hall–Kier alpha value is -2.41. The Balaban J connectivity index is 2.51. The Kier molecular flexibility index (Phi) is 6.52. The van der Waals surface area contributed by atoms with Crippen LogP contribution in [0.25, 0.3) is 0 Å². The van der Waals surface area contributed by atoms with Gasteiger partial charge >= 0.3 is 11.9 Å². The van der Waals surface area contributed by atoms with E-state index in [1.165, 1.54) is 12.1 Å². The van der Waals surface area contributed by atoms with Crippen LogP contribution in [0.15, 0.2) is 24.3 Å². The molecule has 1 rings (SSSR count). The summed E-state index contributed by atoms with van der Waals surface area (Å²) in [6, 6.07) is 4.61. The molecule has 3 N–H and O–H groups in total. The van der Waals surface area contributed by atoms with Crippen LogP contribution in [0.3, 0.4) is 0 Å². The molecule has 1 unspecified atom stereocenters. The van der Waals surface area contributed by atoms with Gasteiger partial charge in [0.05, 0.1) is 6.42 Å². The van der Waals surface area contributed by atoms with Crippen molar-refractivity contribution in [2.75, 3.05) is 0 Å². The predicted octanol–water partition coefficient (Wildman–Crippen LogP) is 1.35. The van der Waals surface area contributed by atoms with Crippen LogP contribution in [-0.4, -0.2) is 39.9 Å². The number of aliphatic carboxylic acids is 2. The van der Waals surface area contributed by atoms with Crippen LogP contribution in [0.4, 0.5) is 0 Å². The van der Waals surface area contributed by atoms with Crippen molar-refractivity contribution < 1.29 is 29.4 Å². The molecule has 1 aromatic rings. The highest BCUT2D eigenvalue weighted by Gasteiger charge is 2.23.